The molecule has 0 saturated heterocycles. The molecule has 0 bridgehead atoms. The van der Waals surface area contributed by atoms with Crippen LogP contribution in [0.25, 0.3) is 11.6 Å². The van der Waals surface area contributed by atoms with Gasteiger partial charge in [0.15, 0.2) is 0 Å². The number of carbonyl (C=O) groups excluding carboxylic acids is 1. The molecule has 3 aromatic heterocycles. The smallest absolute Gasteiger partial charge is 0.277 e. The lowest BCUT2D eigenvalue weighted by Crippen LogP contribution is -2.13. The van der Waals surface area contributed by atoms with Gasteiger partial charge in [-0.05, 0) is 12.1 Å². The summed E-state index contributed by atoms with van der Waals surface area (Å²) in [7, 11) is 0. The summed E-state index contributed by atoms with van der Waals surface area (Å²) in [5, 5.41) is 18.5. The summed E-state index contributed by atoms with van der Waals surface area (Å²) < 4.78 is 5.43. The number of rotatable bonds is 5. The Kier molecular flexibility index (Phi) is 4.17. The van der Waals surface area contributed by atoms with Gasteiger partial charge in [0.2, 0.25) is 11.0 Å². The van der Waals surface area contributed by atoms with Crippen molar-refractivity contribution in [1.82, 2.24) is 25.4 Å². The molecule has 8 nitrogen and oxygen atoms in total. The third kappa shape index (κ3) is 3.61. The van der Waals surface area contributed by atoms with Crippen LogP contribution < -0.4 is 5.32 Å². The van der Waals surface area contributed by atoms with E-state index in [0.717, 1.165) is 11.8 Å². The second kappa shape index (κ2) is 6.41. The quantitative estimate of drug-likeness (QED) is 0.708. The maximum Gasteiger partial charge on any atom is 0.277 e. The van der Waals surface area contributed by atoms with E-state index in [1.54, 1.807) is 23.8 Å². The lowest BCUT2D eigenvalue weighted by Gasteiger charge is -1.97. The largest absolute Gasteiger partial charge is 0.410 e. The Labute approximate surface area is 127 Å². The molecule has 1 amide bonds. The van der Waals surface area contributed by atoms with E-state index in [4.69, 9.17) is 4.42 Å². The fraction of sp³-hybridized carbons (Fsp3) is 0.0909. The molecular formula is C11H8N6O2S2. The Morgan fingerprint density at radius 2 is 2.29 bits per heavy atom. The summed E-state index contributed by atoms with van der Waals surface area (Å²) in [5.74, 6) is 0.251. The number of pyridine rings is 1. The van der Waals surface area contributed by atoms with E-state index >= 15 is 0 Å². The Bertz CT molecular complexity index is 715. The number of carbonyl (C=O) groups is 1. The van der Waals surface area contributed by atoms with E-state index < -0.39 is 0 Å². The summed E-state index contributed by atoms with van der Waals surface area (Å²) in [4.78, 5) is 15.8. The highest BCUT2D eigenvalue weighted by Crippen LogP contribution is 2.21. The van der Waals surface area contributed by atoms with Crippen molar-refractivity contribution >= 4 is 34.1 Å². The topological polar surface area (TPSA) is 107 Å². The van der Waals surface area contributed by atoms with Crippen LogP contribution in [-0.4, -0.2) is 37.0 Å². The van der Waals surface area contributed by atoms with Gasteiger partial charge in [0.05, 0.1) is 5.75 Å². The second-order valence-corrected chi connectivity index (χ2v) is 5.43. The van der Waals surface area contributed by atoms with Gasteiger partial charge in [-0.3, -0.25) is 15.1 Å². The van der Waals surface area contributed by atoms with Crippen molar-refractivity contribution in [2.75, 3.05) is 11.1 Å². The van der Waals surface area contributed by atoms with Gasteiger partial charge in [0.1, 0.15) is 11.2 Å². The summed E-state index contributed by atoms with van der Waals surface area (Å²) >= 11 is 2.39. The van der Waals surface area contributed by atoms with Crippen LogP contribution in [0.15, 0.2) is 39.5 Å². The molecule has 0 aliphatic rings. The van der Waals surface area contributed by atoms with Crippen LogP contribution in [0.4, 0.5) is 5.13 Å². The Morgan fingerprint density at radius 1 is 1.33 bits per heavy atom. The predicted molar refractivity (Wildman–Crippen MR) is 76.8 cm³/mol. The lowest BCUT2D eigenvalue weighted by atomic mass is 10.3. The highest BCUT2D eigenvalue weighted by Gasteiger charge is 2.12. The zero-order valence-corrected chi connectivity index (χ0v) is 12.1. The van der Waals surface area contributed by atoms with Crippen molar-refractivity contribution in [2.45, 2.75) is 5.22 Å². The first-order valence-electron chi connectivity index (χ1n) is 5.75. The fourth-order valence-corrected chi connectivity index (χ4v) is 2.40. The summed E-state index contributed by atoms with van der Waals surface area (Å²) in [6.45, 7) is 0. The maximum atomic E-state index is 11.7. The minimum Gasteiger partial charge on any atom is -0.410 e. The molecule has 10 heteroatoms. The van der Waals surface area contributed by atoms with Gasteiger partial charge in [-0.15, -0.1) is 20.4 Å². The molecule has 106 valence electrons. The highest BCUT2D eigenvalue weighted by atomic mass is 32.2. The number of aromatic nitrogens is 5. The Morgan fingerprint density at radius 3 is 3.05 bits per heavy atom. The van der Waals surface area contributed by atoms with Gasteiger partial charge in [0.25, 0.3) is 11.1 Å². The van der Waals surface area contributed by atoms with Crippen molar-refractivity contribution in [1.29, 1.82) is 0 Å². The molecule has 21 heavy (non-hydrogen) atoms. The van der Waals surface area contributed by atoms with Gasteiger partial charge in [0, 0.05) is 6.20 Å². The summed E-state index contributed by atoms with van der Waals surface area (Å²) in [5.41, 5.74) is 2.13. The van der Waals surface area contributed by atoms with E-state index in [-0.39, 0.29) is 11.7 Å². The lowest BCUT2D eigenvalue weighted by molar-refractivity contribution is -0.113. The average molecular weight is 320 g/mol. The molecule has 3 heterocycles. The number of nitrogens with zero attached hydrogens (tertiary/aromatic N) is 5. The monoisotopic (exact) mass is 320 g/mol. The maximum absolute atomic E-state index is 11.7. The molecule has 0 spiro atoms. The molecule has 0 radical (unpaired) electrons. The van der Waals surface area contributed by atoms with E-state index in [1.165, 1.54) is 11.3 Å². The first kappa shape index (κ1) is 13.6. The minimum atomic E-state index is -0.214. The van der Waals surface area contributed by atoms with Crippen LogP contribution in [0.3, 0.4) is 0 Å². The van der Waals surface area contributed by atoms with Crippen LogP contribution in [0.1, 0.15) is 0 Å². The van der Waals surface area contributed by atoms with Gasteiger partial charge in [-0.2, -0.15) is 0 Å². The zero-order valence-electron chi connectivity index (χ0n) is 10.5. The van der Waals surface area contributed by atoms with Crippen LogP contribution >= 0.6 is 23.1 Å². The first-order valence-corrected chi connectivity index (χ1v) is 7.61. The van der Waals surface area contributed by atoms with Gasteiger partial charge in [-0.1, -0.05) is 29.2 Å². The second-order valence-electron chi connectivity index (χ2n) is 3.67. The molecule has 0 saturated carbocycles. The normalized spacial score (nSPS) is 10.5. The van der Waals surface area contributed by atoms with E-state index in [2.05, 4.69) is 30.7 Å². The van der Waals surface area contributed by atoms with Crippen molar-refractivity contribution in [3.63, 3.8) is 0 Å². The number of amides is 1. The van der Waals surface area contributed by atoms with Crippen molar-refractivity contribution < 1.29 is 9.21 Å². The predicted octanol–water partition coefficient (Wildman–Crippen LogP) is 1.71. The zero-order chi connectivity index (χ0) is 14.5. The van der Waals surface area contributed by atoms with Gasteiger partial charge < -0.3 is 4.42 Å². The number of thioether (sulfide) groups is 1. The summed E-state index contributed by atoms with van der Waals surface area (Å²) in [6.07, 6.45) is 1.64. The molecule has 0 fully saturated rings. The van der Waals surface area contributed by atoms with Gasteiger partial charge in [-0.25, -0.2) is 0 Å². The minimum absolute atomic E-state index is 0.142. The van der Waals surface area contributed by atoms with Crippen molar-refractivity contribution in [2.24, 2.45) is 0 Å². The van der Waals surface area contributed by atoms with E-state index in [1.807, 2.05) is 6.07 Å². The average Bonchev–Trinajstić information content (AvgIpc) is 3.17. The fourth-order valence-electron chi connectivity index (χ4n) is 1.37. The SMILES string of the molecule is O=C(CSc1nnc(-c2ccccn2)o1)Nc1nncs1. The third-order valence-electron chi connectivity index (χ3n) is 2.22. The van der Waals surface area contributed by atoms with Crippen molar-refractivity contribution in [3.8, 4) is 11.6 Å². The number of anilines is 1. The Balaban J connectivity index is 1.56. The molecule has 1 N–H and O–H groups in total. The van der Waals surface area contributed by atoms with Crippen LogP contribution in [0.2, 0.25) is 0 Å². The van der Waals surface area contributed by atoms with Crippen LogP contribution in [-0.2, 0) is 4.79 Å². The number of hydrogen-bond acceptors (Lipinski definition) is 9. The first-order chi connectivity index (χ1) is 10.3. The van der Waals surface area contributed by atoms with Crippen LogP contribution in [0, 0.1) is 0 Å². The van der Waals surface area contributed by atoms with Crippen LogP contribution in [0.5, 0.6) is 0 Å². The molecular weight excluding hydrogens is 312 g/mol. The van der Waals surface area contributed by atoms with E-state index in [0.29, 0.717) is 21.9 Å². The number of nitrogens with one attached hydrogen (secondary N) is 1. The molecule has 0 aliphatic carbocycles. The molecule has 3 rings (SSSR count). The highest BCUT2D eigenvalue weighted by molar-refractivity contribution is 7.99. The molecule has 0 atom stereocenters. The standard InChI is InChI=1S/C11H8N6O2S2/c18-8(14-10-16-13-6-21-10)5-20-11-17-15-9(19-11)7-3-1-2-4-12-7/h1-4,6H,5H2,(H,14,16,18). The molecule has 0 aliphatic heterocycles. The molecule has 0 unspecified atom stereocenters. The van der Waals surface area contributed by atoms with E-state index in [9.17, 15) is 4.79 Å². The summed E-state index contributed by atoms with van der Waals surface area (Å²) in [6, 6.07) is 5.40. The molecule has 0 aromatic carbocycles. The van der Waals surface area contributed by atoms with Gasteiger partial charge >= 0.3 is 0 Å². The van der Waals surface area contributed by atoms with Crippen molar-refractivity contribution in [3.05, 3.63) is 29.9 Å². The Hall–Kier alpha value is -2.33. The third-order valence-corrected chi connectivity index (χ3v) is 3.65. The number of hydrogen-bond donors (Lipinski definition) is 1. The molecule has 3 aromatic rings.